The Labute approximate surface area is 226 Å². The zero-order valence-corrected chi connectivity index (χ0v) is 25.4. The molecule has 6 nitrogen and oxygen atoms in total. The predicted octanol–water partition coefficient (Wildman–Crippen LogP) is 9.06. The zero-order valence-electron chi connectivity index (χ0n) is 23.7. The number of carboxylic acids is 1. The molecule has 0 aliphatic carbocycles. The molecule has 0 amide bonds. The van der Waals surface area contributed by atoms with Crippen LogP contribution in [0.15, 0.2) is 0 Å². The molecule has 0 saturated heterocycles. The van der Waals surface area contributed by atoms with Crippen LogP contribution >= 0.6 is 19.8 Å². The Bertz CT molecular complexity index is 550. The molecule has 0 radical (unpaired) electrons. The molecule has 2 N–H and O–H groups in total. The topological polar surface area (TPSA) is 93.1 Å². The van der Waals surface area contributed by atoms with Crippen LogP contribution in [0.4, 0.5) is 0 Å². The van der Waals surface area contributed by atoms with Gasteiger partial charge in [-0.25, -0.2) is 4.79 Å². The van der Waals surface area contributed by atoms with Crippen LogP contribution in [0.25, 0.3) is 0 Å². The average Bonchev–Trinajstić information content (AvgIpc) is 2.86. The Morgan fingerprint density at radius 1 is 0.806 bits per heavy atom. The summed E-state index contributed by atoms with van der Waals surface area (Å²) in [5, 5.41) is 20.2. The van der Waals surface area contributed by atoms with E-state index in [9.17, 15) is 19.6 Å². The van der Waals surface area contributed by atoms with Crippen molar-refractivity contribution in [3.63, 3.8) is 0 Å². The first kappa shape index (κ1) is 35.8. The summed E-state index contributed by atoms with van der Waals surface area (Å²) in [4.78, 5) is 11.8. The van der Waals surface area contributed by atoms with Crippen LogP contribution in [0.3, 0.4) is 0 Å². The second-order valence-corrected chi connectivity index (χ2v) is 12.7. The standard InChI is InChI=1S/C28H55O6PS/c1-5-8-10-12-14-15-17-19-21-24-36-26(22-20-18-16-13-11-9-6-2)25(4)34-28(31,27(29)30)35(32)33-23-7-3/h25-26,31H,5-24H2,1-4H3/p+1. The van der Waals surface area contributed by atoms with Gasteiger partial charge in [-0.1, -0.05) is 117 Å². The largest absolute Gasteiger partial charge is 0.589 e. The van der Waals surface area contributed by atoms with Crippen molar-refractivity contribution in [3.05, 3.63) is 0 Å². The molecule has 0 rings (SSSR count). The molecule has 36 heavy (non-hydrogen) atoms. The Morgan fingerprint density at radius 3 is 1.75 bits per heavy atom. The van der Waals surface area contributed by atoms with Crippen LogP contribution < -0.4 is 0 Å². The summed E-state index contributed by atoms with van der Waals surface area (Å²) >= 11 is 1.79. The lowest BCUT2D eigenvalue weighted by Crippen LogP contribution is -2.43. The summed E-state index contributed by atoms with van der Waals surface area (Å²) in [6.45, 7) is 8.18. The Hall–Kier alpha value is -0.200. The summed E-state index contributed by atoms with van der Waals surface area (Å²) in [5.74, 6) is -0.681. The van der Waals surface area contributed by atoms with Crippen molar-refractivity contribution in [3.8, 4) is 0 Å². The first-order valence-corrected chi connectivity index (χ1v) is 16.9. The summed E-state index contributed by atoms with van der Waals surface area (Å²) < 4.78 is 23.1. The number of carboxylic acid groups (broad SMARTS) is 1. The molecule has 0 aromatic carbocycles. The molecule has 0 bridgehead atoms. The number of hydrogen-bond acceptors (Lipinski definition) is 6. The maximum absolute atomic E-state index is 12.4. The first-order valence-electron chi connectivity index (χ1n) is 14.7. The number of aliphatic hydroxyl groups is 1. The number of carbonyl (C=O) groups is 1. The lowest BCUT2D eigenvalue weighted by Gasteiger charge is -2.26. The maximum atomic E-state index is 12.4. The molecule has 4 unspecified atom stereocenters. The van der Waals surface area contributed by atoms with Crippen LogP contribution in [-0.2, 0) is 18.6 Å². The van der Waals surface area contributed by atoms with Gasteiger partial charge in [-0.2, -0.15) is 11.8 Å². The van der Waals surface area contributed by atoms with Gasteiger partial charge in [-0.05, 0) is 36.5 Å². The molecule has 4 atom stereocenters. The van der Waals surface area contributed by atoms with Gasteiger partial charge in [0.05, 0.1) is 6.10 Å². The molecule has 8 heteroatoms. The molecule has 0 spiro atoms. The van der Waals surface area contributed by atoms with E-state index in [1.165, 1.54) is 83.5 Å². The van der Waals surface area contributed by atoms with Gasteiger partial charge in [0.2, 0.25) is 0 Å². The molecule has 0 fully saturated rings. The SMILES string of the molecule is CCCCCCCCCCCSC(CCCCCCCCC)C(C)OC(O)(C(=O)O)[P+](=O)OCCC. The highest BCUT2D eigenvalue weighted by Gasteiger charge is 2.61. The van der Waals surface area contributed by atoms with E-state index in [4.69, 9.17) is 9.26 Å². The van der Waals surface area contributed by atoms with E-state index in [-0.39, 0.29) is 11.9 Å². The molecule has 0 aromatic rings. The van der Waals surface area contributed by atoms with Gasteiger partial charge in [0.25, 0.3) is 0 Å². The monoisotopic (exact) mass is 551 g/mol. The van der Waals surface area contributed by atoms with Crippen molar-refractivity contribution in [2.24, 2.45) is 0 Å². The third kappa shape index (κ3) is 17.3. The van der Waals surface area contributed by atoms with Crippen molar-refractivity contribution in [1.82, 2.24) is 0 Å². The minimum Gasteiger partial charge on any atom is -0.474 e. The van der Waals surface area contributed by atoms with Gasteiger partial charge in [-0.15, -0.1) is 4.52 Å². The average molecular weight is 552 g/mol. The Morgan fingerprint density at radius 2 is 1.28 bits per heavy atom. The smallest absolute Gasteiger partial charge is 0.474 e. The fraction of sp³-hybridized carbons (Fsp3) is 0.964. The van der Waals surface area contributed by atoms with Crippen molar-refractivity contribution in [2.75, 3.05) is 12.4 Å². The lowest BCUT2D eigenvalue weighted by atomic mass is 10.1. The first-order chi connectivity index (χ1) is 17.3. The third-order valence-electron chi connectivity index (χ3n) is 6.48. The number of thioether (sulfide) groups is 1. The van der Waals surface area contributed by atoms with Crippen molar-refractivity contribution >= 4 is 25.8 Å². The molecular formula is C28H56O6PS+. The van der Waals surface area contributed by atoms with Crippen LogP contribution in [0.2, 0.25) is 0 Å². The number of unbranched alkanes of at least 4 members (excludes halogenated alkanes) is 14. The van der Waals surface area contributed by atoms with E-state index >= 15 is 0 Å². The second-order valence-electron chi connectivity index (χ2n) is 9.97. The van der Waals surface area contributed by atoms with E-state index in [1.807, 2.05) is 6.92 Å². The Balaban J connectivity index is 4.72. The van der Waals surface area contributed by atoms with E-state index in [0.29, 0.717) is 6.42 Å². The minimum atomic E-state index is -2.91. The van der Waals surface area contributed by atoms with Crippen LogP contribution in [0.5, 0.6) is 0 Å². The summed E-state index contributed by atoms with van der Waals surface area (Å²) in [6.07, 6.45) is 20.9. The molecule has 0 aromatic heterocycles. The fourth-order valence-electron chi connectivity index (χ4n) is 4.17. The maximum Gasteiger partial charge on any atom is 0.589 e. The third-order valence-corrected chi connectivity index (χ3v) is 9.26. The van der Waals surface area contributed by atoms with Gasteiger partial charge in [-0.3, -0.25) is 4.74 Å². The highest BCUT2D eigenvalue weighted by Crippen LogP contribution is 2.42. The number of rotatable bonds is 27. The quantitative estimate of drug-likeness (QED) is 0.0597. The van der Waals surface area contributed by atoms with Crippen LogP contribution in [0, 0.1) is 0 Å². The lowest BCUT2D eigenvalue weighted by molar-refractivity contribution is -0.203. The zero-order chi connectivity index (χ0) is 27.1. The van der Waals surface area contributed by atoms with Gasteiger partial charge in [0.1, 0.15) is 6.61 Å². The van der Waals surface area contributed by atoms with E-state index in [0.717, 1.165) is 31.4 Å². The molecule has 0 aliphatic heterocycles. The van der Waals surface area contributed by atoms with Crippen LogP contribution in [0.1, 0.15) is 143 Å². The van der Waals surface area contributed by atoms with Gasteiger partial charge in [0, 0.05) is 5.25 Å². The molecular weight excluding hydrogens is 495 g/mol. The number of ether oxygens (including phenoxy) is 1. The Kier molecular flexibility index (Phi) is 23.8. The minimum absolute atomic E-state index is 0.0372. The van der Waals surface area contributed by atoms with E-state index in [1.54, 1.807) is 18.7 Å². The van der Waals surface area contributed by atoms with E-state index < -0.39 is 25.6 Å². The summed E-state index contributed by atoms with van der Waals surface area (Å²) in [5.41, 5.74) is -2.82. The summed E-state index contributed by atoms with van der Waals surface area (Å²) in [7, 11) is -2.91. The van der Waals surface area contributed by atoms with Gasteiger partial charge >= 0.3 is 19.5 Å². The fourth-order valence-corrected chi connectivity index (χ4v) is 6.44. The molecule has 0 heterocycles. The van der Waals surface area contributed by atoms with Gasteiger partial charge in [0.15, 0.2) is 0 Å². The van der Waals surface area contributed by atoms with Crippen molar-refractivity contribution < 1.29 is 28.8 Å². The van der Waals surface area contributed by atoms with Gasteiger partial charge < -0.3 is 10.2 Å². The number of hydrogen-bond donors (Lipinski definition) is 2. The summed E-state index contributed by atoms with van der Waals surface area (Å²) in [6, 6.07) is 0. The number of aliphatic carboxylic acids is 1. The normalized spacial score (nSPS) is 15.4. The second kappa shape index (κ2) is 23.9. The highest BCUT2D eigenvalue weighted by atomic mass is 32.2. The highest BCUT2D eigenvalue weighted by molar-refractivity contribution is 7.99. The molecule has 0 aliphatic rings. The van der Waals surface area contributed by atoms with Crippen molar-refractivity contribution in [2.45, 2.75) is 160 Å². The van der Waals surface area contributed by atoms with E-state index in [2.05, 4.69) is 13.8 Å². The molecule has 214 valence electrons. The van der Waals surface area contributed by atoms with Crippen molar-refractivity contribution in [1.29, 1.82) is 0 Å². The molecule has 0 saturated carbocycles. The van der Waals surface area contributed by atoms with Crippen LogP contribution in [-0.4, -0.2) is 45.4 Å². The predicted molar refractivity (Wildman–Crippen MR) is 153 cm³/mol.